The number of nitro groups is 1. The van der Waals surface area contributed by atoms with Gasteiger partial charge in [0.15, 0.2) is 5.60 Å². The van der Waals surface area contributed by atoms with Crippen LogP contribution in [-0.4, -0.2) is 43.0 Å². The van der Waals surface area contributed by atoms with Crippen LogP contribution in [-0.2, 0) is 6.54 Å². The molecule has 162 valence electrons. The smallest absolute Gasteiger partial charge is 0.459 e. The average molecular weight is 437 g/mol. The third kappa shape index (κ3) is 4.65. The topological polar surface area (TPSA) is 114 Å². The van der Waals surface area contributed by atoms with Crippen LogP contribution in [0.1, 0.15) is 6.92 Å². The Morgan fingerprint density at radius 3 is 2.48 bits per heavy atom. The summed E-state index contributed by atoms with van der Waals surface area (Å²) < 4.78 is 53.3. The second-order valence-electron chi connectivity index (χ2n) is 6.93. The predicted molar refractivity (Wildman–Crippen MR) is 97.6 cm³/mol. The van der Waals surface area contributed by atoms with E-state index in [4.69, 9.17) is 9.47 Å². The zero-order chi connectivity index (χ0) is 22.2. The van der Waals surface area contributed by atoms with E-state index in [1.54, 1.807) is 6.92 Å². The molecule has 31 heavy (non-hydrogen) atoms. The van der Waals surface area contributed by atoms with Gasteiger partial charge in [0.25, 0.3) is 0 Å². The lowest BCUT2D eigenvalue weighted by molar-refractivity contribution is -0.389. The molecule has 3 heterocycles. The van der Waals surface area contributed by atoms with Crippen molar-refractivity contribution in [1.82, 2.24) is 19.5 Å². The molecule has 10 nitrogen and oxygen atoms in total. The van der Waals surface area contributed by atoms with Crippen LogP contribution in [0.2, 0.25) is 0 Å². The van der Waals surface area contributed by atoms with E-state index in [0.29, 0.717) is 17.7 Å². The molecule has 0 N–H and O–H groups in total. The van der Waals surface area contributed by atoms with Gasteiger partial charge in [-0.3, -0.25) is 4.57 Å². The molecular formula is C18H14F3N5O5. The molecule has 1 aliphatic heterocycles. The Morgan fingerprint density at radius 1 is 1.23 bits per heavy atom. The van der Waals surface area contributed by atoms with Gasteiger partial charge < -0.3 is 24.3 Å². The molecule has 1 aliphatic rings. The van der Waals surface area contributed by atoms with E-state index < -0.39 is 16.9 Å². The fourth-order valence-corrected chi connectivity index (χ4v) is 2.96. The lowest BCUT2D eigenvalue weighted by Gasteiger charge is -2.21. The Morgan fingerprint density at radius 2 is 1.90 bits per heavy atom. The third-order valence-corrected chi connectivity index (χ3v) is 4.31. The Balaban J connectivity index is 1.36. The number of rotatable bonds is 6. The van der Waals surface area contributed by atoms with Crippen molar-refractivity contribution in [2.75, 3.05) is 6.61 Å². The number of fused-ring (bicyclic) bond motifs is 1. The maximum Gasteiger partial charge on any atom is 0.573 e. The van der Waals surface area contributed by atoms with Crippen LogP contribution in [0, 0.1) is 10.1 Å². The number of halogens is 3. The monoisotopic (exact) mass is 437 g/mol. The number of imidazole rings is 1. The van der Waals surface area contributed by atoms with Gasteiger partial charge in [-0.15, -0.1) is 13.2 Å². The van der Waals surface area contributed by atoms with Crippen molar-refractivity contribution in [2.45, 2.75) is 25.4 Å². The van der Waals surface area contributed by atoms with Crippen LogP contribution in [0.4, 0.5) is 19.0 Å². The summed E-state index contributed by atoms with van der Waals surface area (Å²) in [4.78, 5) is 22.1. The van der Waals surface area contributed by atoms with Crippen molar-refractivity contribution in [3.8, 4) is 28.9 Å². The predicted octanol–water partition coefficient (Wildman–Crippen LogP) is 3.38. The number of nitrogens with zero attached hydrogens (tertiary/aromatic N) is 5. The van der Waals surface area contributed by atoms with Crippen LogP contribution in [0.15, 0.2) is 42.9 Å². The molecule has 0 saturated heterocycles. The lowest BCUT2D eigenvalue weighted by Crippen LogP contribution is -2.38. The highest BCUT2D eigenvalue weighted by Gasteiger charge is 2.41. The number of alkyl halides is 3. The van der Waals surface area contributed by atoms with Crippen molar-refractivity contribution in [3.63, 3.8) is 0 Å². The first-order valence-electron chi connectivity index (χ1n) is 8.82. The zero-order valence-electron chi connectivity index (χ0n) is 15.9. The molecule has 1 aromatic carbocycles. The normalized spacial score (nSPS) is 17.7. The number of ether oxygens (including phenoxy) is 3. The summed E-state index contributed by atoms with van der Waals surface area (Å²) in [5.74, 6) is -0.623. The van der Waals surface area contributed by atoms with Crippen molar-refractivity contribution in [2.24, 2.45) is 0 Å². The van der Waals surface area contributed by atoms with E-state index in [1.807, 2.05) is 0 Å². The number of aromatic nitrogens is 4. The highest BCUT2D eigenvalue weighted by Crippen LogP contribution is 2.31. The Kier molecular flexibility index (Phi) is 4.87. The maximum atomic E-state index is 12.2. The molecule has 0 fully saturated rings. The van der Waals surface area contributed by atoms with Gasteiger partial charge in [-0.1, -0.05) is 12.1 Å². The molecule has 2 aromatic heterocycles. The van der Waals surface area contributed by atoms with Gasteiger partial charge in [0.2, 0.25) is 0 Å². The Hall–Kier alpha value is -3.90. The van der Waals surface area contributed by atoms with Crippen molar-refractivity contribution < 1.29 is 32.3 Å². The first-order chi connectivity index (χ1) is 14.6. The molecule has 4 rings (SSSR count). The zero-order valence-corrected chi connectivity index (χ0v) is 15.9. The Labute approximate surface area is 172 Å². The fraction of sp³-hybridized carbons (Fsp3) is 0.278. The van der Waals surface area contributed by atoms with Crippen LogP contribution in [0.3, 0.4) is 0 Å². The van der Waals surface area contributed by atoms with E-state index in [2.05, 4.69) is 19.7 Å². The summed E-state index contributed by atoms with van der Waals surface area (Å²) in [7, 11) is 0. The minimum absolute atomic E-state index is 0.0625. The van der Waals surface area contributed by atoms with E-state index in [-0.39, 0.29) is 30.2 Å². The highest BCUT2D eigenvalue weighted by molar-refractivity contribution is 5.62. The van der Waals surface area contributed by atoms with Gasteiger partial charge in [-0.05, 0) is 29.5 Å². The maximum absolute atomic E-state index is 12.2. The standard InChI is InChI=1S/C18H14F3N5O5/c1-17(9-25-8-14(26(27)28)24-16(25)31-17)10-29-15-22-6-12(7-23-15)11-2-4-13(5-3-11)30-18(19,20)21/h2-8H,9-10H2,1H3. The first-order valence-corrected chi connectivity index (χ1v) is 8.82. The SMILES string of the molecule is CC1(COc2ncc(-c3ccc(OC(F)(F)F)cc3)cn2)Cn2cc([N+](=O)[O-])nc2O1. The quantitative estimate of drug-likeness (QED) is 0.426. The molecule has 3 aromatic rings. The second kappa shape index (κ2) is 7.41. The molecule has 0 amide bonds. The summed E-state index contributed by atoms with van der Waals surface area (Å²) in [6, 6.07) is 5.49. The molecule has 0 aliphatic carbocycles. The summed E-state index contributed by atoms with van der Waals surface area (Å²) in [5, 5.41) is 10.8. The van der Waals surface area contributed by atoms with Gasteiger partial charge in [0, 0.05) is 22.9 Å². The van der Waals surface area contributed by atoms with E-state index >= 15 is 0 Å². The lowest BCUT2D eigenvalue weighted by atomic mass is 10.1. The van der Waals surface area contributed by atoms with Crippen LogP contribution in [0.5, 0.6) is 17.8 Å². The van der Waals surface area contributed by atoms with Gasteiger partial charge in [-0.25, -0.2) is 9.97 Å². The van der Waals surface area contributed by atoms with Crippen LogP contribution in [0.25, 0.3) is 11.1 Å². The molecule has 0 spiro atoms. The van der Waals surface area contributed by atoms with Crippen molar-refractivity contribution in [3.05, 3.63) is 53.0 Å². The van der Waals surface area contributed by atoms with Gasteiger partial charge in [0.05, 0.1) is 6.54 Å². The number of benzene rings is 1. The van der Waals surface area contributed by atoms with Gasteiger partial charge >= 0.3 is 24.2 Å². The average Bonchev–Trinajstić information content (AvgIpc) is 3.22. The molecular weight excluding hydrogens is 423 g/mol. The van der Waals surface area contributed by atoms with Crippen LogP contribution < -0.4 is 14.2 Å². The number of hydrogen-bond acceptors (Lipinski definition) is 8. The van der Waals surface area contributed by atoms with E-state index in [0.717, 1.165) is 0 Å². The molecule has 0 saturated carbocycles. The van der Waals surface area contributed by atoms with Crippen LogP contribution >= 0.6 is 0 Å². The van der Waals surface area contributed by atoms with Gasteiger partial charge in [0.1, 0.15) is 18.6 Å². The Bertz CT molecular complexity index is 1080. The minimum Gasteiger partial charge on any atom is -0.459 e. The largest absolute Gasteiger partial charge is 0.573 e. The molecule has 0 bridgehead atoms. The molecule has 13 heteroatoms. The summed E-state index contributed by atoms with van der Waals surface area (Å²) in [6.07, 6.45) is -0.532. The van der Waals surface area contributed by atoms with E-state index in [9.17, 15) is 23.3 Å². The van der Waals surface area contributed by atoms with E-state index in [1.165, 1.54) is 47.4 Å². The summed E-state index contributed by atoms with van der Waals surface area (Å²) in [6.45, 7) is 2.12. The molecule has 1 atom stereocenters. The summed E-state index contributed by atoms with van der Waals surface area (Å²) in [5.41, 5.74) is 0.356. The molecule has 0 radical (unpaired) electrons. The van der Waals surface area contributed by atoms with Crippen molar-refractivity contribution in [1.29, 1.82) is 0 Å². The first kappa shape index (κ1) is 20.4. The minimum atomic E-state index is -4.75. The van der Waals surface area contributed by atoms with Gasteiger partial charge in [-0.2, -0.15) is 0 Å². The molecule has 1 unspecified atom stereocenters. The number of hydrogen-bond donors (Lipinski definition) is 0. The third-order valence-electron chi connectivity index (χ3n) is 4.31. The summed E-state index contributed by atoms with van der Waals surface area (Å²) >= 11 is 0. The highest BCUT2D eigenvalue weighted by atomic mass is 19.4. The fourth-order valence-electron chi connectivity index (χ4n) is 2.96. The second-order valence-corrected chi connectivity index (χ2v) is 6.93. The van der Waals surface area contributed by atoms with Crippen molar-refractivity contribution >= 4 is 5.82 Å².